The molecular formula is C20H21N3O4. The molecule has 1 aliphatic rings. The zero-order valence-electron chi connectivity index (χ0n) is 15.1. The van der Waals surface area contributed by atoms with Crippen LogP contribution in [0.2, 0.25) is 0 Å². The predicted octanol–water partition coefficient (Wildman–Crippen LogP) is 3.35. The second kappa shape index (κ2) is 7.65. The first-order chi connectivity index (χ1) is 13.2. The molecule has 1 N–H and O–H groups in total. The van der Waals surface area contributed by atoms with Gasteiger partial charge in [-0.3, -0.25) is 9.78 Å². The lowest BCUT2D eigenvalue weighted by atomic mass is 9.93. The van der Waals surface area contributed by atoms with Crippen LogP contribution in [-0.4, -0.2) is 35.1 Å². The van der Waals surface area contributed by atoms with Crippen LogP contribution in [0.4, 0.5) is 0 Å². The Balaban J connectivity index is 1.34. The number of methoxy groups -OCH3 is 1. The maximum absolute atomic E-state index is 12.6. The second-order valence-corrected chi connectivity index (χ2v) is 6.60. The number of benzene rings is 1. The fourth-order valence-corrected chi connectivity index (χ4v) is 3.41. The van der Waals surface area contributed by atoms with Crippen LogP contribution in [0.1, 0.15) is 36.2 Å². The van der Waals surface area contributed by atoms with Crippen molar-refractivity contribution in [2.45, 2.75) is 37.8 Å². The smallest absolute Gasteiger partial charge is 0.287 e. The number of hydrogen-bond donors (Lipinski definition) is 1. The van der Waals surface area contributed by atoms with Crippen LogP contribution in [0.25, 0.3) is 11.0 Å². The second-order valence-electron chi connectivity index (χ2n) is 6.60. The van der Waals surface area contributed by atoms with Crippen molar-refractivity contribution >= 4 is 16.9 Å². The van der Waals surface area contributed by atoms with Crippen molar-refractivity contribution in [3.05, 3.63) is 48.6 Å². The van der Waals surface area contributed by atoms with Gasteiger partial charge in [-0.2, -0.15) is 0 Å². The number of rotatable bonds is 5. The van der Waals surface area contributed by atoms with E-state index in [1.807, 2.05) is 18.2 Å². The molecule has 0 saturated heterocycles. The number of hydrogen-bond acceptors (Lipinski definition) is 6. The number of nitrogens with one attached hydrogen (secondary N) is 1. The van der Waals surface area contributed by atoms with Gasteiger partial charge in [0.05, 0.1) is 13.3 Å². The van der Waals surface area contributed by atoms with E-state index in [1.165, 1.54) is 0 Å². The Morgan fingerprint density at radius 2 is 2.07 bits per heavy atom. The summed E-state index contributed by atoms with van der Waals surface area (Å²) in [5.74, 6) is 1.26. The van der Waals surface area contributed by atoms with Crippen LogP contribution in [0.3, 0.4) is 0 Å². The molecule has 3 aromatic rings. The Kier molecular flexibility index (Phi) is 4.91. The Labute approximate surface area is 156 Å². The van der Waals surface area contributed by atoms with Gasteiger partial charge in [0.2, 0.25) is 5.88 Å². The summed E-state index contributed by atoms with van der Waals surface area (Å²) < 4.78 is 16.8. The highest BCUT2D eigenvalue weighted by molar-refractivity contribution is 5.97. The summed E-state index contributed by atoms with van der Waals surface area (Å²) in [6, 6.07) is 7.43. The van der Waals surface area contributed by atoms with Crippen LogP contribution in [-0.2, 0) is 0 Å². The molecule has 0 aliphatic heterocycles. The van der Waals surface area contributed by atoms with Crippen molar-refractivity contribution in [3.8, 4) is 11.6 Å². The molecule has 2 aromatic heterocycles. The number of aromatic nitrogens is 2. The van der Waals surface area contributed by atoms with Gasteiger partial charge >= 0.3 is 0 Å². The number of carbonyl (C=O) groups is 1. The molecule has 7 nitrogen and oxygen atoms in total. The molecule has 1 saturated carbocycles. The minimum Gasteiger partial charge on any atom is -0.493 e. The summed E-state index contributed by atoms with van der Waals surface area (Å²) in [6.07, 6.45) is 8.36. The van der Waals surface area contributed by atoms with Crippen molar-refractivity contribution in [3.63, 3.8) is 0 Å². The van der Waals surface area contributed by atoms with Crippen LogP contribution in [0.15, 0.2) is 47.3 Å². The average Bonchev–Trinajstić information content (AvgIpc) is 3.15. The highest BCUT2D eigenvalue weighted by Crippen LogP contribution is 2.29. The highest BCUT2D eigenvalue weighted by atomic mass is 16.5. The van der Waals surface area contributed by atoms with Gasteiger partial charge in [0.25, 0.3) is 5.91 Å². The number of nitrogens with zero attached hydrogens (tertiary/aromatic N) is 2. The molecule has 27 heavy (non-hydrogen) atoms. The number of ether oxygens (including phenoxy) is 2. The SMILES string of the molecule is COc1cccc2cc(C(=O)NC3CCC(Oc4cnccn4)CC3)oc12. The van der Waals surface area contributed by atoms with E-state index in [1.54, 1.807) is 31.8 Å². The molecule has 1 fully saturated rings. The van der Waals surface area contributed by atoms with Crippen molar-refractivity contribution < 1.29 is 18.7 Å². The monoisotopic (exact) mass is 367 g/mol. The molecule has 7 heteroatoms. The zero-order chi connectivity index (χ0) is 18.6. The predicted molar refractivity (Wildman–Crippen MR) is 98.9 cm³/mol. The minimum absolute atomic E-state index is 0.102. The molecule has 0 atom stereocenters. The first kappa shape index (κ1) is 17.3. The van der Waals surface area contributed by atoms with Crippen molar-refractivity contribution in [2.75, 3.05) is 7.11 Å². The molecule has 1 aromatic carbocycles. The number of amides is 1. The summed E-state index contributed by atoms with van der Waals surface area (Å²) >= 11 is 0. The standard InChI is InChI=1S/C20H21N3O4/c1-25-16-4-2-3-13-11-17(27-19(13)16)20(24)23-14-5-7-15(8-6-14)26-18-12-21-9-10-22-18/h2-4,9-12,14-15H,5-8H2,1H3,(H,23,24). The van der Waals surface area contributed by atoms with E-state index in [2.05, 4.69) is 15.3 Å². The van der Waals surface area contributed by atoms with Gasteiger partial charge in [0.15, 0.2) is 17.1 Å². The van der Waals surface area contributed by atoms with Crippen LogP contribution in [0, 0.1) is 0 Å². The van der Waals surface area contributed by atoms with Gasteiger partial charge < -0.3 is 19.2 Å². The maximum atomic E-state index is 12.6. The topological polar surface area (TPSA) is 86.5 Å². The fourth-order valence-electron chi connectivity index (χ4n) is 3.41. The third-order valence-electron chi connectivity index (χ3n) is 4.79. The van der Waals surface area contributed by atoms with E-state index < -0.39 is 0 Å². The largest absolute Gasteiger partial charge is 0.493 e. The van der Waals surface area contributed by atoms with Crippen LogP contribution in [0.5, 0.6) is 11.6 Å². The molecule has 0 spiro atoms. The Morgan fingerprint density at radius 3 is 2.81 bits per heavy atom. The molecule has 140 valence electrons. The number of para-hydroxylation sites is 1. The molecular weight excluding hydrogens is 346 g/mol. The quantitative estimate of drug-likeness (QED) is 0.744. The molecule has 0 bridgehead atoms. The van der Waals surface area contributed by atoms with Crippen LogP contribution >= 0.6 is 0 Å². The molecule has 4 rings (SSSR count). The molecule has 1 aliphatic carbocycles. The van der Waals surface area contributed by atoms with E-state index >= 15 is 0 Å². The number of carbonyl (C=O) groups excluding carboxylic acids is 1. The zero-order valence-corrected chi connectivity index (χ0v) is 15.1. The van der Waals surface area contributed by atoms with Crippen molar-refractivity contribution in [2.24, 2.45) is 0 Å². The van der Waals surface area contributed by atoms with E-state index in [0.717, 1.165) is 31.1 Å². The van der Waals surface area contributed by atoms with Gasteiger partial charge in [-0.05, 0) is 37.8 Å². The molecule has 1 amide bonds. The summed E-state index contributed by atoms with van der Waals surface area (Å²) in [4.78, 5) is 20.7. The van der Waals surface area contributed by atoms with Gasteiger partial charge in [-0.15, -0.1) is 0 Å². The molecule has 0 unspecified atom stereocenters. The Morgan fingerprint density at radius 1 is 1.22 bits per heavy atom. The highest BCUT2D eigenvalue weighted by Gasteiger charge is 2.25. The Hall–Kier alpha value is -3.09. The lowest BCUT2D eigenvalue weighted by Gasteiger charge is -2.28. The average molecular weight is 367 g/mol. The maximum Gasteiger partial charge on any atom is 0.287 e. The van der Waals surface area contributed by atoms with E-state index in [4.69, 9.17) is 13.9 Å². The van der Waals surface area contributed by atoms with Gasteiger partial charge in [0, 0.05) is 23.8 Å². The lowest BCUT2D eigenvalue weighted by Crippen LogP contribution is -2.39. The van der Waals surface area contributed by atoms with Gasteiger partial charge in [-0.1, -0.05) is 12.1 Å². The van der Waals surface area contributed by atoms with Crippen LogP contribution < -0.4 is 14.8 Å². The van der Waals surface area contributed by atoms with E-state index in [9.17, 15) is 4.79 Å². The fraction of sp³-hybridized carbons (Fsp3) is 0.350. The first-order valence-electron chi connectivity index (χ1n) is 9.03. The third-order valence-corrected chi connectivity index (χ3v) is 4.79. The summed E-state index contributed by atoms with van der Waals surface area (Å²) in [5, 5.41) is 3.91. The molecule has 2 heterocycles. The Bertz CT molecular complexity index is 917. The number of furan rings is 1. The van der Waals surface area contributed by atoms with Gasteiger partial charge in [-0.25, -0.2) is 4.98 Å². The van der Waals surface area contributed by atoms with Gasteiger partial charge in [0.1, 0.15) is 6.10 Å². The summed E-state index contributed by atoms with van der Waals surface area (Å²) in [7, 11) is 1.58. The van der Waals surface area contributed by atoms with E-state index in [-0.39, 0.29) is 18.1 Å². The normalized spacial score (nSPS) is 19.6. The number of fused-ring (bicyclic) bond motifs is 1. The minimum atomic E-state index is -0.202. The van der Waals surface area contributed by atoms with E-state index in [0.29, 0.717) is 23.0 Å². The third kappa shape index (κ3) is 3.86. The summed E-state index contributed by atoms with van der Waals surface area (Å²) in [6.45, 7) is 0. The molecule has 0 radical (unpaired) electrons. The van der Waals surface area contributed by atoms with Crippen molar-refractivity contribution in [1.29, 1.82) is 0 Å². The first-order valence-corrected chi connectivity index (χ1v) is 9.03. The summed E-state index contributed by atoms with van der Waals surface area (Å²) in [5.41, 5.74) is 0.589. The van der Waals surface area contributed by atoms with Crippen molar-refractivity contribution in [1.82, 2.24) is 15.3 Å². The lowest BCUT2D eigenvalue weighted by molar-refractivity contribution is 0.0865.